The third-order valence-electron chi connectivity index (χ3n) is 7.08. The standard InChI is InChI=1S/C36H46O9/c1-4-41-34-25-28(23-26(2)42-19-5-7-21-44-32-15-11-29(12-16-32)35(37)38)9-10-31(34)24-27(3)43-20-6-8-22-45-33-17-13-30(14-18-33)36(39)40/h9-18,25-27H,4-8,19-24H2,1-3H3,(H,37,38)(H,39,40). The maximum absolute atomic E-state index is 10.9. The van der Waals surface area contributed by atoms with Crippen molar-refractivity contribution < 1.29 is 43.5 Å². The lowest BCUT2D eigenvalue weighted by Gasteiger charge is -2.18. The second-order valence-electron chi connectivity index (χ2n) is 10.9. The van der Waals surface area contributed by atoms with Gasteiger partial charge in [0.05, 0.1) is 43.2 Å². The van der Waals surface area contributed by atoms with Crippen molar-refractivity contribution in [3.05, 3.63) is 89.0 Å². The first-order valence-corrected chi connectivity index (χ1v) is 15.6. The zero-order chi connectivity index (χ0) is 32.4. The van der Waals surface area contributed by atoms with Gasteiger partial charge in [0.1, 0.15) is 17.2 Å². The molecule has 0 aliphatic carbocycles. The average molecular weight is 623 g/mol. The van der Waals surface area contributed by atoms with Crippen LogP contribution in [0.25, 0.3) is 0 Å². The van der Waals surface area contributed by atoms with Gasteiger partial charge in [-0.15, -0.1) is 0 Å². The van der Waals surface area contributed by atoms with Crippen LogP contribution in [0.4, 0.5) is 0 Å². The predicted molar refractivity (Wildman–Crippen MR) is 172 cm³/mol. The van der Waals surface area contributed by atoms with Crippen molar-refractivity contribution >= 4 is 11.9 Å². The molecule has 244 valence electrons. The zero-order valence-corrected chi connectivity index (χ0v) is 26.5. The van der Waals surface area contributed by atoms with Gasteiger partial charge in [-0.3, -0.25) is 0 Å². The summed E-state index contributed by atoms with van der Waals surface area (Å²) in [5.74, 6) is 0.306. The van der Waals surface area contributed by atoms with E-state index in [1.165, 1.54) is 24.3 Å². The Morgan fingerprint density at radius 1 is 0.622 bits per heavy atom. The van der Waals surface area contributed by atoms with Gasteiger partial charge in [-0.2, -0.15) is 0 Å². The fraction of sp³-hybridized carbons (Fsp3) is 0.444. The maximum Gasteiger partial charge on any atom is 0.335 e. The van der Waals surface area contributed by atoms with Crippen LogP contribution in [0.1, 0.15) is 78.3 Å². The van der Waals surface area contributed by atoms with Crippen molar-refractivity contribution in [2.24, 2.45) is 0 Å². The van der Waals surface area contributed by atoms with Crippen LogP contribution in [0.15, 0.2) is 66.7 Å². The van der Waals surface area contributed by atoms with Crippen LogP contribution in [0.5, 0.6) is 17.2 Å². The van der Waals surface area contributed by atoms with Crippen LogP contribution in [-0.2, 0) is 22.3 Å². The molecule has 3 aromatic rings. The van der Waals surface area contributed by atoms with E-state index in [-0.39, 0.29) is 23.3 Å². The Labute approximate surface area is 266 Å². The minimum Gasteiger partial charge on any atom is -0.494 e. The summed E-state index contributed by atoms with van der Waals surface area (Å²) in [6, 6.07) is 19.2. The highest BCUT2D eigenvalue weighted by Gasteiger charge is 2.13. The second kappa shape index (κ2) is 19.3. The predicted octanol–water partition coefficient (Wildman–Crippen LogP) is 7.10. The van der Waals surface area contributed by atoms with Gasteiger partial charge in [0.25, 0.3) is 0 Å². The summed E-state index contributed by atoms with van der Waals surface area (Å²) in [6.45, 7) is 9.08. The molecule has 2 atom stereocenters. The monoisotopic (exact) mass is 622 g/mol. The first-order valence-electron chi connectivity index (χ1n) is 15.6. The average Bonchev–Trinajstić information content (AvgIpc) is 3.02. The molecule has 0 bridgehead atoms. The Hall–Kier alpha value is -4.08. The summed E-state index contributed by atoms with van der Waals surface area (Å²) in [4.78, 5) is 21.9. The van der Waals surface area contributed by atoms with Gasteiger partial charge in [-0.25, -0.2) is 9.59 Å². The summed E-state index contributed by atoms with van der Waals surface area (Å²) in [7, 11) is 0. The van der Waals surface area contributed by atoms with E-state index >= 15 is 0 Å². The van der Waals surface area contributed by atoms with Crippen LogP contribution in [0.3, 0.4) is 0 Å². The molecular weight excluding hydrogens is 576 g/mol. The Morgan fingerprint density at radius 2 is 1.09 bits per heavy atom. The molecule has 2 N–H and O–H groups in total. The molecular formula is C36H46O9. The van der Waals surface area contributed by atoms with E-state index in [4.69, 9.17) is 33.9 Å². The number of aromatic carboxylic acids is 2. The molecule has 0 saturated carbocycles. The lowest BCUT2D eigenvalue weighted by Crippen LogP contribution is -2.15. The van der Waals surface area contributed by atoms with Crippen molar-refractivity contribution in [3.63, 3.8) is 0 Å². The van der Waals surface area contributed by atoms with Crippen molar-refractivity contribution in [1.82, 2.24) is 0 Å². The fourth-order valence-corrected chi connectivity index (χ4v) is 4.69. The van der Waals surface area contributed by atoms with E-state index < -0.39 is 11.9 Å². The van der Waals surface area contributed by atoms with Crippen LogP contribution >= 0.6 is 0 Å². The summed E-state index contributed by atoms with van der Waals surface area (Å²) >= 11 is 0. The van der Waals surface area contributed by atoms with Gasteiger partial charge in [0, 0.05) is 19.6 Å². The Kier molecular flexibility index (Phi) is 15.2. The van der Waals surface area contributed by atoms with Gasteiger partial charge >= 0.3 is 11.9 Å². The third-order valence-corrected chi connectivity index (χ3v) is 7.08. The number of hydrogen-bond acceptors (Lipinski definition) is 7. The molecule has 45 heavy (non-hydrogen) atoms. The highest BCUT2D eigenvalue weighted by Crippen LogP contribution is 2.24. The van der Waals surface area contributed by atoms with E-state index in [1.54, 1.807) is 24.3 Å². The summed E-state index contributed by atoms with van der Waals surface area (Å²) < 4.78 is 29.4. The molecule has 0 aliphatic heterocycles. The minimum atomic E-state index is -0.950. The van der Waals surface area contributed by atoms with Crippen LogP contribution in [0.2, 0.25) is 0 Å². The maximum atomic E-state index is 10.9. The number of carboxylic acid groups (broad SMARTS) is 2. The fourth-order valence-electron chi connectivity index (χ4n) is 4.69. The van der Waals surface area contributed by atoms with Crippen molar-refractivity contribution in [3.8, 4) is 17.2 Å². The molecule has 0 aromatic heterocycles. The van der Waals surface area contributed by atoms with Crippen molar-refractivity contribution in [2.75, 3.05) is 33.0 Å². The van der Waals surface area contributed by atoms with E-state index in [2.05, 4.69) is 32.0 Å². The second-order valence-corrected chi connectivity index (χ2v) is 10.9. The normalized spacial score (nSPS) is 12.3. The Morgan fingerprint density at radius 3 is 1.56 bits per heavy atom. The van der Waals surface area contributed by atoms with Crippen LogP contribution < -0.4 is 14.2 Å². The number of carboxylic acids is 2. The lowest BCUT2D eigenvalue weighted by atomic mass is 10.0. The Bertz CT molecular complexity index is 1310. The molecule has 3 aromatic carbocycles. The zero-order valence-electron chi connectivity index (χ0n) is 26.5. The number of ether oxygens (including phenoxy) is 5. The van der Waals surface area contributed by atoms with Gasteiger partial charge in [0.2, 0.25) is 0 Å². The van der Waals surface area contributed by atoms with Gasteiger partial charge in [-0.1, -0.05) is 12.1 Å². The molecule has 0 spiro atoms. The van der Waals surface area contributed by atoms with Crippen molar-refractivity contribution in [2.45, 2.75) is 71.5 Å². The summed E-state index contributed by atoms with van der Waals surface area (Å²) in [6.07, 6.45) is 5.04. The molecule has 2 unspecified atom stereocenters. The number of hydrogen-bond donors (Lipinski definition) is 2. The lowest BCUT2D eigenvalue weighted by molar-refractivity contribution is 0.0608. The highest BCUT2D eigenvalue weighted by atomic mass is 16.5. The van der Waals surface area contributed by atoms with E-state index in [0.717, 1.165) is 55.4 Å². The molecule has 0 radical (unpaired) electrons. The number of rotatable bonds is 22. The molecule has 3 rings (SSSR count). The largest absolute Gasteiger partial charge is 0.494 e. The van der Waals surface area contributed by atoms with E-state index in [9.17, 15) is 9.59 Å². The quantitative estimate of drug-likeness (QED) is 0.113. The Balaban J connectivity index is 1.31. The van der Waals surface area contributed by atoms with Crippen molar-refractivity contribution in [1.29, 1.82) is 0 Å². The number of unbranched alkanes of at least 4 members (excludes halogenated alkanes) is 2. The van der Waals surface area contributed by atoms with Gasteiger partial charge < -0.3 is 33.9 Å². The molecule has 9 heteroatoms. The number of carbonyl (C=O) groups is 2. The first-order chi connectivity index (χ1) is 21.7. The summed E-state index contributed by atoms with van der Waals surface area (Å²) in [5.41, 5.74) is 2.76. The van der Waals surface area contributed by atoms with Gasteiger partial charge in [0.15, 0.2) is 0 Å². The van der Waals surface area contributed by atoms with E-state index in [0.29, 0.717) is 44.5 Å². The molecule has 0 saturated heterocycles. The first kappa shape index (κ1) is 35.4. The molecule has 0 heterocycles. The number of benzene rings is 3. The molecule has 0 aliphatic rings. The highest BCUT2D eigenvalue weighted by molar-refractivity contribution is 5.88. The SMILES string of the molecule is CCOc1cc(CC(C)OCCCCOc2ccc(C(=O)O)cc2)ccc1CC(C)OCCCCOc1ccc(C(=O)O)cc1. The molecule has 0 fully saturated rings. The smallest absolute Gasteiger partial charge is 0.335 e. The van der Waals surface area contributed by atoms with Crippen LogP contribution in [-0.4, -0.2) is 67.4 Å². The topological polar surface area (TPSA) is 121 Å². The van der Waals surface area contributed by atoms with E-state index in [1.807, 2.05) is 6.92 Å². The van der Waals surface area contributed by atoms with Crippen LogP contribution in [0, 0.1) is 0 Å². The third kappa shape index (κ3) is 13.2. The molecule has 0 amide bonds. The minimum absolute atomic E-state index is 0.0369. The summed E-state index contributed by atoms with van der Waals surface area (Å²) in [5, 5.41) is 18.0. The van der Waals surface area contributed by atoms with Gasteiger partial charge in [-0.05, 0) is 119 Å². The molecule has 9 nitrogen and oxygen atoms in total.